The van der Waals surface area contributed by atoms with E-state index in [1.165, 1.54) is 4.88 Å². The Balaban J connectivity index is 1.62. The fraction of sp³-hybridized carbons (Fsp3) is 0.350. The monoisotopic (exact) mass is 415 g/mol. The van der Waals surface area contributed by atoms with Crippen molar-refractivity contribution in [3.8, 4) is 11.4 Å². The zero-order chi connectivity index (χ0) is 20.1. The molecular weight excluding hydrogens is 390 g/mol. The number of H-pyrrole nitrogens is 1. The molecule has 0 saturated heterocycles. The van der Waals surface area contributed by atoms with Crippen LogP contribution in [0.2, 0.25) is 0 Å². The van der Waals surface area contributed by atoms with Crippen molar-refractivity contribution in [1.29, 1.82) is 0 Å². The maximum atomic E-state index is 12.4. The molecule has 2 N–H and O–H groups in total. The Bertz CT molecular complexity index is 975. The normalized spacial score (nSPS) is 12.3. The van der Waals surface area contributed by atoms with Crippen molar-refractivity contribution in [3.63, 3.8) is 0 Å². The number of carbonyl (C=O) groups excluding carboxylic acids is 1. The topological polar surface area (TPSA) is 66.0 Å². The maximum absolute atomic E-state index is 12.4. The molecule has 2 heterocycles. The van der Waals surface area contributed by atoms with Crippen LogP contribution in [0.4, 0.5) is 0 Å². The molecule has 0 fully saturated rings. The van der Waals surface area contributed by atoms with Crippen LogP contribution in [-0.2, 0) is 11.3 Å². The Hall–Kier alpha value is -2.29. The molecule has 0 spiro atoms. The number of benzene rings is 1. The standard InChI is InChI=1S/C20H25N5OS2/c1-14-6-4-7-15(12-14)19-22-23-20(27)25(19)10-9-18(26)21-13-16(24(2)3)17-8-5-11-28-17/h4-8,11-12,16H,9-10,13H2,1-3H3,(H,21,26)(H,23,27)/t16-/m1/s1. The summed E-state index contributed by atoms with van der Waals surface area (Å²) in [6.45, 7) is 3.10. The molecule has 0 unspecified atom stereocenters. The Labute approximate surface area is 174 Å². The number of aromatic nitrogens is 3. The van der Waals surface area contributed by atoms with Crippen molar-refractivity contribution in [2.75, 3.05) is 20.6 Å². The highest BCUT2D eigenvalue weighted by molar-refractivity contribution is 7.71. The van der Waals surface area contributed by atoms with Crippen molar-refractivity contribution >= 4 is 29.5 Å². The molecule has 1 amide bonds. The van der Waals surface area contributed by atoms with Gasteiger partial charge in [-0.1, -0.05) is 29.8 Å². The summed E-state index contributed by atoms with van der Waals surface area (Å²) in [7, 11) is 4.05. The van der Waals surface area contributed by atoms with Crippen molar-refractivity contribution in [2.45, 2.75) is 25.9 Å². The highest BCUT2D eigenvalue weighted by Gasteiger charge is 2.17. The van der Waals surface area contributed by atoms with Crippen molar-refractivity contribution in [2.24, 2.45) is 0 Å². The number of thiophene rings is 1. The minimum atomic E-state index is 0.00157. The lowest BCUT2D eigenvalue weighted by Gasteiger charge is -2.23. The van der Waals surface area contributed by atoms with Gasteiger partial charge in [-0.25, -0.2) is 0 Å². The van der Waals surface area contributed by atoms with Crippen LogP contribution in [0.1, 0.15) is 22.9 Å². The van der Waals surface area contributed by atoms with Crippen molar-refractivity contribution in [3.05, 3.63) is 57.0 Å². The van der Waals surface area contributed by atoms with Crippen LogP contribution >= 0.6 is 23.6 Å². The van der Waals surface area contributed by atoms with E-state index in [1.807, 2.05) is 49.9 Å². The number of amides is 1. The first-order valence-electron chi connectivity index (χ1n) is 9.14. The average Bonchev–Trinajstić information content (AvgIpc) is 3.30. The number of rotatable bonds is 8. The van der Waals surface area contributed by atoms with Gasteiger partial charge in [0.15, 0.2) is 10.6 Å². The molecule has 0 saturated carbocycles. The predicted octanol–water partition coefficient (Wildman–Crippen LogP) is 3.79. The number of hydrogen-bond donors (Lipinski definition) is 2. The third-order valence-corrected chi connectivity index (χ3v) is 5.87. The second-order valence-corrected chi connectivity index (χ2v) is 8.29. The number of hydrogen-bond acceptors (Lipinski definition) is 5. The van der Waals surface area contributed by atoms with E-state index in [0.29, 0.717) is 24.3 Å². The number of aromatic amines is 1. The van der Waals surface area contributed by atoms with Gasteiger partial charge in [0.05, 0.1) is 6.04 Å². The summed E-state index contributed by atoms with van der Waals surface area (Å²) < 4.78 is 2.40. The van der Waals surface area contributed by atoms with Gasteiger partial charge in [0.2, 0.25) is 5.91 Å². The Morgan fingerprint density at radius 2 is 2.18 bits per heavy atom. The quantitative estimate of drug-likeness (QED) is 0.550. The molecule has 2 aromatic heterocycles. The maximum Gasteiger partial charge on any atom is 0.221 e. The number of nitrogens with zero attached hydrogens (tertiary/aromatic N) is 3. The van der Waals surface area contributed by atoms with Crippen LogP contribution < -0.4 is 5.32 Å². The van der Waals surface area contributed by atoms with Crippen LogP contribution in [-0.4, -0.2) is 46.2 Å². The predicted molar refractivity (Wildman–Crippen MR) is 116 cm³/mol. The molecule has 0 bridgehead atoms. The average molecular weight is 416 g/mol. The molecule has 1 atom stereocenters. The van der Waals surface area contributed by atoms with Gasteiger partial charge in [-0.15, -0.1) is 11.3 Å². The Morgan fingerprint density at radius 1 is 1.36 bits per heavy atom. The number of aryl methyl sites for hydroxylation is 1. The molecule has 28 heavy (non-hydrogen) atoms. The lowest BCUT2D eigenvalue weighted by atomic mass is 10.1. The smallest absolute Gasteiger partial charge is 0.221 e. The van der Waals surface area contributed by atoms with Crippen LogP contribution in [0.5, 0.6) is 0 Å². The van der Waals surface area contributed by atoms with Gasteiger partial charge in [-0.2, -0.15) is 5.10 Å². The van der Waals surface area contributed by atoms with E-state index in [1.54, 1.807) is 11.3 Å². The Kier molecular flexibility index (Phi) is 6.77. The molecular formula is C20H25N5OS2. The Morgan fingerprint density at radius 3 is 2.86 bits per heavy atom. The van der Waals surface area contributed by atoms with Crippen molar-refractivity contribution in [1.82, 2.24) is 25.0 Å². The second kappa shape index (κ2) is 9.27. The van der Waals surface area contributed by atoms with Gasteiger partial charge in [0, 0.05) is 30.0 Å². The lowest BCUT2D eigenvalue weighted by Crippen LogP contribution is -2.34. The van der Waals surface area contributed by atoms with E-state index >= 15 is 0 Å². The summed E-state index contributed by atoms with van der Waals surface area (Å²) in [6.07, 6.45) is 0.344. The van der Waals surface area contributed by atoms with Gasteiger partial charge in [0.25, 0.3) is 0 Å². The lowest BCUT2D eigenvalue weighted by molar-refractivity contribution is -0.121. The first-order chi connectivity index (χ1) is 13.5. The highest BCUT2D eigenvalue weighted by atomic mass is 32.1. The number of likely N-dealkylation sites (N-methyl/N-ethyl adjacent to an activating group) is 1. The summed E-state index contributed by atoms with van der Waals surface area (Å²) in [6, 6.07) is 12.4. The van der Waals surface area contributed by atoms with Crippen LogP contribution in [0.3, 0.4) is 0 Å². The molecule has 0 aliphatic carbocycles. The van der Waals surface area contributed by atoms with E-state index < -0.39 is 0 Å². The van der Waals surface area contributed by atoms with Crippen LogP contribution in [0.25, 0.3) is 11.4 Å². The fourth-order valence-corrected chi connectivity index (χ4v) is 4.21. The van der Waals surface area contributed by atoms with E-state index in [4.69, 9.17) is 12.2 Å². The number of nitrogens with one attached hydrogen (secondary N) is 2. The number of carbonyl (C=O) groups is 1. The summed E-state index contributed by atoms with van der Waals surface area (Å²) in [5.74, 6) is 0.757. The molecule has 0 radical (unpaired) electrons. The van der Waals surface area contributed by atoms with E-state index in [9.17, 15) is 4.79 Å². The molecule has 148 valence electrons. The van der Waals surface area contributed by atoms with Crippen molar-refractivity contribution < 1.29 is 4.79 Å². The summed E-state index contributed by atoms with van der Waals surface area (Å²) in [5, 5.41) is 12.3. The highest BCUT2D eigenvalue weighted by Crippen LogP contribution is 2.22. The van der Waals surface area contributed by atoms with Crippen LogP contribution in [0, 0.1) is 11.7 Å². The molecule has 0 aliphatic heterocycles. The fourth-order valence-electron chi connectivity index (χ4n) is 3.06. The molecule has 3 rings (SSSR count). The third-order valence-electron chi connectivity index (χ3n) is 4.58. The van der Waals surface area contributed by atoms with Gasteiger partial charge < -0.3 is 10.2 Å². The van der Waals surface area contributed by atoms with E-state index in [-0.39, 0.29) is 11.9 Å². The zero-order valence-corrected chi connectivity index (χ0v) is 17.9. The summed E-state index contributed by atoms with van der Waals surface area (Å²) in [4.78, 5) is 15.8. The van der Waals surface area contributed by atoms with E-state index in [0.717, 1.165) is 17.0 Å². The molecule has 6 nitrogen and oxygen atoms in total. The first kappa shape index (κ1) is 20.4. The van der Waals surface area contributed by atoms with Crippen LogP contribution in [0.15, 0.2) is 41.8 Å². The SMILES string of the molecule is Cc1cccc(-c2n[nH]c(=S)n2CCC(=O)NC[C@H](c2cccs2)N(C)C)c1. The second-order valence-electron chi connectivity index (χ2n) is 6.92. The summed E-state index contributed by atoms with van der Waals surface area (Å²) in [5.41, 5.74) is 2.14. The largest absolute Gasteiger partial charge is 0.354 e. The minimum Gasteiger partial charge on any atom is -0.354 e. The molecule has 3 aromatic rings. The van der Waals surface area contributed by atoms with Gasteiger partial charge in [0.1, 0.15) is 0 Å². The molecule has 1 aromatic carbocycles. The third kappa shape index (κ3) is 4.95. The molecule has 0 aliphatic rings. The minimum absolute atomic E-state index is 0.00157. The van der Waals surface area contributed by atoms with Gasteiger partial charge >= 0.3 is 0 Å². The summed E-state index contributed by atoms with van der Waals surface area (Å²) >= 11 is 7.06. The van der Waals surface area contributed by atoms with Gasteiger partial charge in [-0.3, -0.25) is 14.5 Å². The first-order valence-corrected chi connectivity index (χ1v) is 10.4. The zero-order valence-electron chi connectivity index (χ0n) is 16.3. The van der Waals surface area contributed by atoms with Gasteiger partial charge in [-0.05, 0) is 50.7 Å². The van der Waals surface area contributed by atoms with E-state index in [2.05, 4.69) is 37.9 Å². The molecule has 8 heteroatoms.